The fraction of sp³-hybridized carbons (Fsp3) is 0.385. The molecule has 0 aliphatic heterocycles. The lowest BCUT2D eigenvalue weighted by Gasteiger charge is -2.23. The molecule has 0 unspecified atom stereocenters. The predicted octanol–water partition coefficient (Wildman–Crippen LogP) is 3.33. The van der Waals surface area contributed by atoms with Crippen LogP contribution in [0.15, 0.2) is 24.8 Å². The van der Waals surface area contributed by atoms with Gasteiger partial charge in [0.25, 0.3) is 0 Å². The molecule has 1 aromatic carbocycles. The van der Waals surface area contributed by atoms with Crippen molar-refractivity contribution in [2.24, 2.45) is 0 Å². The lowest BCUT2D eigenvalue weighted by Crippen LogP contribution is -2.13. The maximum atomic E-state index is 5.39. The van der Waals surface area contributed by atoms with E-state index in [4.69, 9.17) is 4.74 Å². The minimum atomic E-state index is 0.0816. The third-order valence-corrected chi connectivity index (χ3v) is 2.22. The number of hydrogen-bond acceptors (Lipinski definition) is 1. The van der Waals surface area contributed by atoms with Gasteiger partial charge in [0.2, 0.25) is 0 Å². The van der Waals surface area contributed by atoms with Crippen LogP contribution in [0.2, 0.25) is 0 Å². The highest BCUT2D eigenvalue weighted by Gasteiger charge is 2.19. The summed E-state index contributed by atoms with van der Waals surface area (Å²) in [6.45, 7) is 10.2. The molecule has 1 aromatic rings. The van der Waals surface area contributed by atoms with Gasteiger partial charge in [0.05, 0.1) is 7.11 Å². The van der Waals surface area contributed by atoms with E-state index >= 15 is 0 Å². The highest BCUT2D eigenvalue weighted by Crippen LogP contribution is 2.33. The van der Waals surface area contributed by atoms with Gasteiger partial charge < -0.3 is 4.74 Å². The molecule has 0 fully saturated rings. The SMILES string of the molecule is C=[C]c1cccc(C(C)(C)C)c1OC. The number of rotatable bonds is 2. The van der Waals surface area contributed by atoms with Crippen molar-refractivity contribution < 1.29 is 4.74 Å². The summed E-state index contributed by atoms with van der Waals surface area (Å²) in [5.74, 6) is 0.884. The van der Waals surface area contributed by atoms with Crippen molar-refractivity contribution in [3.63, 3.8) is 0 Å². The van der Waals surface area contributed by atoms with Gasteiger partial charge >= 0.3 is 0 Å². The minimum absolute atomic E-state index is 0.0816. The molecule has 0 N–H and O–H groups in total. The summed E-state index contributed by atoms with van der Waals surface area (Å²) in [5, 5.41) is 0. The Bertz CT molecular complexity index is 332. The van der Waals surface area contributed by atoms with Crippen molar-refractivity contribution in [3.05, 3.63) is 42.0 Å². The number of benzene rings is 1. The molecule has 1 heteroatoms. The predicted molar refractivity (Wildman–Crippen MR) is 59.7 cm³/mol. The van der Waals surface area contributed by atoms with E-state index in [-0.39, 0.29) is 5.41 Å². The molecule has 0 spiro atoms. The summed E-state index contributed by atoms with van der Waals surface area (Å²) < 4.78 is 5.39. The maximum absolute atomic E-state index is 5.39. The molecular weight excluding hydrogens is 172 g/mol. The molecule has 14 heavy (non-hydrogen) atoms. The summed E-state index contributed by atoms with van der Waals surface area (Å²) in [6, 6.07) is 6.05. The Morgan fingerprint density at radius 1 is 1.29 bits per heavy atom. The van der Waals surface area contributed by atoms with E-state index in [0.29, 0.717) is 0 Å². The van der Waals surface area contributed by atoms with Gasteiger partial charge in [0.15, 0.2) is 0 Å². The second-order valence-corrected chi connectivity index (χ2v) is 4.31. The molecule has 75 valence electrons. The number of ether oxygens (including phenoxy) is 1. The van der Waals surface area contributed by atoms with Crippen molar-refractivity contribution in [2.45, 2.75) is 26.2 Å². The van der Waals surface area contributed by atoms with Crippen molar-refractivity contribution in [1.82, 2.24) is 0 Å². The highest BCUT2D eigenvalue weighted by molar-refractivity contribution is 5.47. The zero-order valence-electron chi connectivity index (χ0n) is 9.35. The molecule has 0 bridgehead atoms. The summed E-state index contributed by atoms with van der Waals surface area (Å²) in [4.78, 5) is 0. The van der Waals surface area contributed by atoms with E-state index in [1.165, 1.54) is 5.56 Å². The van der Waals surface area contributed by atoms with Crippen LogP contribution in [0.1, 0.15) is 31.9 Å². The first-order valence-corrected chi connectivity index (χ1v) is 4.71. The maximum Gasteiger partial charge on any atom is 0.130 e. The van der Waals surface area contributed by atoms with Crippen LogP contribution in [0.3, 0.4) is 0 Å². The van der Waals surface area contributed by atoms with Crippen LogP contribution in [0.4, 0.5) is 0 Å². The topological polar surface area (TPSA) is 9.23 Å². The molecule has 0 atom stereocenters. The molecular formula is C13H17O. The van der Waals surface area contributed by atoms with E-state index in [0.717, 1.165) is 11.3 Å². The lowest BCUT2D eigenvalue weighted by atomic mass is 9.85. The van der Waals surface area contributed by atoms with Crippen molar-refractivity contribution in [1.29, 1.82) is 0 Å². The van der Waals surface area contributed by atoms with E-state index in [9.17, 15) is 0 Å². The Morgan fingerprint density at radius 3 is 2.36 bits per heavy atom. The first kappa shape index (κ1) is 10.8. The number of para-hydroxylation sites is 1. The average molecular weight is 189 g/mol. The van der Waals surface area contributed by atoms with Crippen molar-refractivity contribution in [2.75, 3.05) is 7.11 Å². The number of hydrogen-bond donors (Lipinski definition) is 0. The van der Waals surface area contributed by atoms with Crippen LogP contribution < -0.4 is 4.74 Å². The quantitative estimate of drug-likeness (QED) is 0.693. The second kappa shape index (κ2) is 3.87. The third-order valence-electron chi connectivity index (χ3n) is 2.22. The van der Waals surface area contributed by atoms with Gasteiger partial charge in [-0.25, -0.2) is 0 Å². The minimum Gasteiger partial charge on any atom is -0.496 e. The Morgan fingerprint density at radius 2 is 1.93 bits per heavy atom. The van der Waals surface area contributed by atoms with Crippen LogP contribution >= 0.6 is 0 Å². The molecule has 0 heterocycles. The number of methoxy groups -OCH3 is 1. The summed E-state index contributed by atoms with van der Waals surface area (Å²) >= 11 is 0. The first-order valence-electron chi connectivity index (χ1n) is 4.71. The van der Waals surface area contributed by atoms with Gasteiger partial charge in [-0.1, -0.05) is 45.5 Å². The van der Waals surface area contributed by atoms with Crippen LogP contribution in [0.25, 0.3) is 0 Å². The van der Waals surface area contributed by atoms with Crippen LogP contribution in [-0.2, 0) is 5.41 Å². The van der Waals surface area contributed by atoms with Gasteiger partial charge in [0.1, 0.15) is 5.75 Å². The van der Waals surface area contributed by atoms with Gasteiger partial charge in [-0.15, -0.1) is 0 Å². The smallest absolute Gasteiger partial charge is 0.130 e. The van der Waals surface area contributed by atoms with Crippen LogP contribution in [0.5, 0.6) is 5.75 Å². The summed E-state index contributed by atoms with van der Waals surface area (Å²) in [5.41, 5.74) is 2.20. The molecule has 0 aliphatic carbocycles. The molecule has 0 amide bonds. The van der Waals surface area contributed by atoms with E-state index in [2.05, 4.69) is 39.5 Å². The van der Waals surface area contributed by atoms with E-state index < -0.39 is 0 Å². The van der Waals surface area contributed by atoms with Gasteiger partial charge in [0, 0.05) is 11.1 Å². The largest absolute Gasteiger partial charge is 0.496 e. The molecule has 0 saturated heterocycles. The Labute approximate surface area is 86.4 Å². The molecule has 1 radical (unpaired) electrons. The van der Waals surface area contributed by atoms with Crippen molar-refractivity contribution >= 4 is 0 Å². The summed E-state index contributed by atoms with van der Waals surface area (Å²) in [7, 11) is 1.69. The van der Waals surface area contributed by atoms with Gasteiger partial charge in [-0.3, -0.25) is 0 Å². The second-order valence-electron chi connectivity index (χ2n) is 4.31. The van der Waals surface area contributed by atoms with E-state index in [1.807, 2.05) is 12.1 Å². The fourth-order valence-electron chi connectivity index (χ4n) is 1.49. The standard InChI is InChI=1S/C13H17O/c1-6-10-8-7-9-11(12(10)14-5)13(2,3)4/h7-9H,1H2,2-5H3. The Kier molecular flexibility index (Phi) is 3.00. The normalized spacial score (nSPS) is 11.1. The first-order chi connectivity index (χ1) is 6.50. The Hall–Kier alpha value is -1.24. The van der Waals surface area contributed by atoms with Crippen molar-refractivity contribution in [3.8, 4) is 5.75 Å². The fourth-order valence-corrected chi connectivity index (χ4v) is 1.49. The third kappa shape index (κ3) is 1.98. The lowest BCUT2D eigenvalue weighted by molar-refractivity contribution is 0.395. The van der Waals surface area contributed by atoms with Gasteiger partial charge in [-0.2, -0.15) is 0 Å². The zero-order chi connectivity index (χ0) is 10.8. The molecule has 0 saturated carbocycles. The summed E-state index contributed by atoms with van der Waals surface area (Å²) in [6.07, 6.45) is 2.88. The Balaban J connectivity index is 3.36. The average Bonchev–Trinajstić information content (AvgIpc) is 2.15. The molecule has 1 rings (SSSR count). The molecule has 0 aromatic heterocycles. The van der Waals surface area contributed by atoms with Gasteiger partial charge in [-0.05, 0) is 11.5 Å². The van der Waals surface area contributed by atoms with E-state index in [1.54, 1.807) is 7.11 Å². The highest BCUT2D eigenvalue weighted by atomic mass is 16.5. The zero-order valence-corrected chi connectivity index (χ0v) is 9.35. The molecule has 0 aliphatic rings. The van der Waals surface area contributed by atoms with Crippen LogP contribution in [0, 0.1) is 6.08 Å². The monoisotopic (exact) mass is 189 g/mol. The van der Waals surface area contributed by atoms with Crippen LogP contribution in [-0.4, -0.2) is 7.11 Å². The molecule has 1 nitrogen and oxygen atoms in total.